The van der Waals surface area contributed by atoms with Crippen LogP contribution in [-0.4, -0.2) is 51.6 Å². The maximum absolute atomic E-state index is 13.3. The Morgan fingerprint density at radius 1 is 1.07 bits per heavy atom. The molecule has 10 nitrogen and oxygen atoms in total. The van der Waals surface area contributed by atoms with E-state index in [0.29, 0.717) is 30.4 Å². The Morgan fingerprint density at radius 3 is 2.36 bits per heavy atom. The lowest BCUT2D eigenvalue weighted by atomic mass is 9.94. The van der Waals surface area contributed by atoms with Crippen molar-refractivity contribution in [2.24, 2.45) is 10.7 Å². The number of rotatable bonds is 17. The van der Waals surface area contributed by atoms with Crippen molar-refractivity contribution in [3.8, 4) is 5.75 Å². The fourth-order valence-corrected chi connectivity index (χ4v) is 6.83. The number of ether oxygens (including phenoxy) is 2. The summed E-state index contributed by atoms with van der Waals surface area (Å²) < 4.78 is 40.0. The number of guanidine groups is 1. The summed E-state index contributed by atoms with van der Waals surface area (Å²) in [5.74, 6) is -0.227. The molecule has 0 saturated heterocycles. The van der Waals surface area contributed by atoms with Crippen molar-refractivity contribution in [2.45, 2.75) is 122 Å². The van der Waals surface area contributed by atoms with E-state index in [4.69, 9.17) is 15.2 Å². The summed E-state index contributed by atoms with van der Waals surface area (Å²) in [6.07, 6.45) is 10.8. The predicted octanol–water partition coefficient (Wildman–Crippen LogP) is 4.66. The molecule has 1 atom stereocenters. The van der Waals surface area contributed by atoms with Crippen molar-refractivity contribution in [3.05, 3.63) is 34.9 Å². The van der Waals surface area contributed by atoms with Crippen LogP contribution in [0.4, 0.5) is 0 Å². The van der Waals surface area contributed by atoms with E-state index in [0.717, 1.165) is 61.8 Å². The van der Waals surface area contributed by atoms with Gasteiger partial charge in [-0.2, -0.15) is 0 Å². The summed E-state index contributed by atoms with van der Waals surface area (Å²) in [7, 11) is -2.73. The quantitative estimate of drug-likeness (QED) is 0.0767. The zero-order valence-corrected chi connectivity index (χ0v) is 27.0. The Labute approximate surface area is 252 Å². The number of aliphatic imine (C=N–C) groups is 1. The number of methoxy groups -OCH3 is 1. The van der Waals surface area contributed by atoms with E-state index in [9.17, 15) is 18.0 Å². The van der Waals surface area contributed by atoms with E-state index >= 15 is 0 Å². The molecule has 1 aliphatic heterocycles. The van der Waals surface area contributed by atoms with E-state index < -0.39 is 27.6 Å². The van der Waals surface area contributed by atoms with Crippen LogP contribution in [0.25, 0.3) is 0 Å². The topological polar surface area (TPSA) is 149 Å². The fraction of sp³-hybridized carbons (Fsp3) is 0.645. The number of benzene rings is 1. The number of hydrogen-bond acceptors (Lipinski definition) is 7. The maximum Gasteiger partial charge on any atom is 0.328 e. The van der Waals surface area contributed by atoms with Crippen molar-refractivity contribution >= 4 is 27.9 Å². The van der Waals surface area contributed by atoms with Crippen molar-refractivity contribution < 1.29 is 27.5 Å². The second-order valence-corrected chi connectivity index (χ2v) is 13.3. The number of carbonyl (C=O) groups excluding carboxylic acids is 2. The van der Waals surface area contributed by atoms with Gasteiger partial charge in [-0.1, -0.05) is 31.8 Å². The minimum absolute atomic E-state index is 0.160. The Kier molecular flexibility index (Phi) is 13.3. The van der Waals surface area contributed by atoms with E-state index in [1.807, 2.05) is 26.8 Å². The minimum Gasteiger partial charge on any atom is -0.487 e. The number of nitrogens with zero attached hydrogens (tertiary/aromatic N) is 1. The Morgan fingerprint density at radius 2 is 1.71 bits per heavy atom. The first kappa shape index (κ1) is 35.1. The first-order valence-corrected chi connectivity index (χ1v) is 16.3. The highest BCUT2D eigenvalue weighted by Gasteiger charge is 2.36. The lowest BCUT2D eigenvalue weighted by Gasteiger charge is -2.19. The number of amides is 1. The molecular weight excluding hydrogens is 556 g/mol. The summed E-state index contributed by atoms with van der Waals surface area (Å²) in [5, 5.41) is 2.75. The van der Waals surface area contributed by atoms with Crippen LogP contribution in [0, 0.1) is 20.8 Å². The van der Waals surface area contributed by atoms with Crippen LogP contribution in [0.2, 0.25) is 0 Å². The number of unbranched alkanes of at least 4 members (excludes halogenated alkanes) is 6. The van der Waals surface area contributed by atoms with Gasteiger partial charge in [-0.3, -0.25) is 9.79 Å². The van der Waals surface area contributed by atoms with Gasteiger partial charge in [0.1, 0.15) is 17.4 Å². The van der Waals surface area contributed by atoms with Gasteiger partial charge < -0.3 is 20.5 Å². The van der Waals surface area contributed by atoms with Gasteiger partial charge in [0.2, 0.25) is 11.9 Å². The molecule has 1 aliphatic rings. The summed E-state index contributed by atoms with van der Waals surface area (Å²) in [6.45, 7) is 13.2. The van der Waals surface area contributed by atoms with Gasteiger partial charge in [0.25, 0.3) is 10.0 Å². The number of hydrogen-bond donors (Lipinski definition) is 3. The van der Waals surface area contributed by atoms with Gasteiger partial charge in [0.15, 0.2) is 0 Å². The molecular formula is C31H50N4O6S. The van der Waals surface area contributed by atoms with Gasteiger partial charge in [-0.15, -0.1) is 6.58 Å². The molecule has 0 radical (unpaired) electrons. The summed E-state index contributed by atoms with van der Waals surface area (Å²) in [5.41, 5.74) is 8.46. The monoisotopic (exact) mass is 606 g/mol. The maximum atomic E-state index is 13.3. The standard InChI is InChI=1S/C31H50N4O6S/c1-8-9-10-11-12-13-14-15-18-26(36)34-25(29(37)40-7)17-16-19-33-30(32)35-42(38,39)28-22(3)21(2)27-24(23(28)4)20-31(5,6)41-27/h8,25H,1,9-20H2,2-7H3,(H,34,36)(H3,32,33,35)/t25-/m0/s1. The van der Waals surface area contributed by atoms with Crippen LogP contribution in [-0.2, 0) is 30.8 Å². The highest BCUT2D eigenvalue weighted by atomic mass is 32.2. The second-order valence-electron chi connectivity index (χ2n) is 11.7. The molecule has 0 saturated carbocycles. The lowest BCUT2D eigenvalue weighted by molar-refractivity contribution is -0.145. The summed E-state index contributed by atoms with van der Waals surface area (Å²) in [4.78, 5) is 29.0. The molecule has 1 heterocycles. The third-order valence-corrected chi connectivity index (χ3v) is 9.24. The normalized spacial score (nSPS) is 15.0. The molecule has 1 aromatic rings. The van der Waals surface area contributed by atoms with Crippen molar-refractivity contribution in [1.82, 2.24) is 10.0 Å². The van der Waals surface area contributed by atoms with Crippen LogP contribution >= 0.6 is 0 Å². The highest BCUT2D eigenvalue weighted by molar-refractivity contribution is 7.90. The molecule has 2 rings (SSSR count). The smallest absolute Gasteiger partial charge is 0.328 e. The van der Waals surface area contributed by atoms with Crippen LogP contribution in [0.3, 0.4) is 0 Å². The molecule has 0 bridgehead atoms. The van der Waals surface area contributed by atoms with E-state index in [-0.39, 0.29) is 29.7 Å². The Balaban J connectivity index is 1.90. The number of carbonyl (C=O) groups is 2. The SMILES string of the molecule is C=CCCCCCCCCC(=O)N[C@@H](CCCN=C(N)NS(=O)(=O)c1c(C)c(C)c2c(c1C)CC(C)(C)O2)C(=O)OC. The molecule has 11 heteroatoms. The number of allylic oxidation sites excluding steroid dienone is 1. The summed E-state index contributed by atoms with van der Waals surface area (Å²) in [6, 6.07) is -0.805. The number of sulfonamides is 1. The molecule has 0 aliphatic carbocycles. The van der Waals surface area contributed by atoms with E-state index in [2.05, 4.69) is 21.6 Å². The van der Waals surface area contributed by atoms with Gasteiger partial charge in [-0.05, 0) is 83.4 Å². The average molecular weight is 607 g/mol. The fourth-order valence-electron chi connectivity index (χ4n) is 5.30. The average Bonchev–Trinajstić information content (AvgIpc) is 3.25. The second kappa shape index (κ2) is 16.0. The number of fused-ring (bicyclic) bond motifs is 1. The van der Waals surface area contributed by atoms with Crippen molar-refractivity contribution in [2.75, 3.05) is 13.7 Å². The first-order chi connectivity index (χ1) is 19.7. The number of nitrogens with one attached hydrogen (secondary N) is 2. The van der Waals surface area contributed by atoms with Crippen LogP contribution in [0.15, 0.2) is 22.5 Å². The van der Waals surface area contributed by atoms with Gasteiger partial charge in [0.05, 0.1) is 12.0 Å². The van der Waals surface area contributed by atoms with Crippen LogP contribution in [0.1, 0.15) is 100 Å². The third kappa shape index (κ3) is 10.0. The predicted molar refractivity (Wildman–Crippen MR) is 166 cm³/mol. The summed E-state index contributed by atoms with van der Waals surface area (Å²) >= 11 is 0. The number of esters is 1. The van der Waals surface area contributed by atoms with E-state index in [1.165, 1.54) is 7.11 Å². The number of nitrogens with two attached hydrogens (primary N) is 1. The zero-order chi connectivity index (χ0) is 31.5. The van der Waals surface area contributed by atoms with Gasteiger partial charge in [0, 0.05) is 24.9 Å². The van der Waals surface area contributed by atoms with Gasteiger partial charge in [-0.25, -0.2) is 17.9 Å². The largest absolute Gasteiger partial charge is 0.487 e. The van der Waals surface area contributed by atoms with Crippen LogP contribution < -0.4 is 20.5 Å². The molecule has 0 spiro atoms. The van der Waals surface area contributed by atoms with Gasteiger partial charge >= 0.3 is 5.97 Å². The third-order valence-electron chi connectivity index (χ3n) is 7.62. The molecule has 1 amide bonds. The lowest BCUT2D eigenvalue weighted by Crippen LogP contribution is -2.41. The first-order valence-electron chi connectivity index (χ1n) is 14.9. The molecule has 0 aromatic heterocycles. The Bertz CT molecular complexity index is 1260. The molecule has 0 unspecified atom stereocenters. The molecule has 4 N–H and O–H groups in total. The zero-order valence-electron chi connectivity index (χ0n) is 26.2. The van der Waals surface area contributed by atoms with Crippen molar-refractivity contribution in [3.63, 3.8) is 0 Å². The Hall–Kier alpha value is -3.08. The molecule has 42 heavy (non-hydrogen) atoms. The molecule has 0 fully saturated rings. The van der Waals surface area contributed by atoms with Crippen molar-refractivity contribution in [1.29, 1.82) is 0 Å². The molecule has 236 valence electrons. The minimum atomic E-state index is -4.00. The molecule has 1 aromatic carbocycles. The van der Waals surface area contributed by atoms with E-state index in [1.54, 1.807) is 13.8 Å². The highest BCUT2D eigenvalue weighted by Crippen LogP contribution is 2.43. The van der Waals surface area contributed by atoms with Crippen LogP contribution in [0.5, 0.6) is 5.75 Å².